The molecule has 0 spiro atoms. The maximum absolute atomic E-state index is 14.7. The molecule has 1 amide bonds. The van der Waals surface area contributed by atoms with Crippen LogP contribution < -0.4 is 15.5 Å². The first-order valence-corrected chi connectivity index (χ1v) is 10.6. The molecule has 1 saturated heterocycles. The third-order valence-electron chi connectivity index (χ3n) is 6.04. The molecule has 0 radical (unpaired) electrons. The van der Waals surface area contributed by atoms with Crippen molar-refractivity contribution < 1.29 is 22.7 Å². The molecule has 2 N–H and O–H groups in total. The molecule has 2 aliphatic heterocycles. The number of alkyl halides is 2. The van der Waals surface area contributed by atoms with Crippen molar-refractivity contribution in [1.29, 1.82) is 0 Å². The van der Waals surface area contributed by atoms with E-state index in [1.165, 1.54) is 12.1 Å². The van der Waals surface area contributed by atoms with Crippen molar-refractivity contribution in [2.45, 2.75) is 32.4 Å². The van der Waals surface area contributed by atoms with Crippen LogP contribution in [-0.4, -0.2) is 41.7 Å². The minimum Gasteiger partial charge on any atom is -0.377 e. The van der Waals surface area contributed by atoms with Gasteiger partial charge in [0.05, 0.1) is 41.7 Å². The van der Waals surface area contributed by atoms with E-state index in [-0.39, 0.29) is 11.5 Å². The highest BCUT2D eigenvalue weighted by atomic mass is 19.3. The number of morpholine rings is 1. The van der Waals surface area contributed by atoms with Crippen molar-refractivity contribution in [3.05, 3.63) is 53.1 Å². The van der Waals surface area contributed by atoms with Crippen molar-refractivity contribution >= 4 is 34.0 Å². The molecule has 3 heterocycles. The van der Waals surface area contributed by atoms with Gasteiger partial charge in [-0.2, -0.15) is 0 Å². The highest BCUT2D eigenvalue weighted by molar-refractivity contribution is 6.08. The van der Waals surface area contributed by atoms with Crippen LogP contribution in [0.5, 0.6) is 0 Å². The largest absolute Gasteiger partial charge is 0.377 e. The number of nitrogens with one attached hydrogen (secondary N) is 2. The third-order valence-corrected chi connectivity index (χ3v) is 6.04. The summed E-state index contributed by atoms with van der Waals surface area (Å²) in [5.74, 6) is -0.167. The molecule has 1 aromatic heterocycles. The number of halogens is 3. The van der Waals surface area contributed by atoms with Crippen LogP contribution in [-0.2, 0) is 9.53 Å². The Labute approximate surface area is 188 Å². The molecule has 1 fully saturated rings. The normalized spacial score (nSPS) is 18.7. The fourth-order valence-corrected chi connectivity index (χ4v) is 4.41. The fraction of sp³-hybridized carbons (Fsp3) is 0.348. The molecule has 3 aromatic rings. The Hall–Kier alpha value is -3.40. The van der Waals surface area contributed by atoms with Gasteiger partial charge in [-0.05, 0) is 26.0 Å². The molecule has 10 heteroatoms. The van der Waals surface area contributed by atoms with Crippen molar-refractivity contribution in [2.75, 3.05) is 35.3 Å². The Morgan fingerprint density at radius 3 is 2.82 bits per heavy atom. The lowest BCUT2D eigenvalue weighted by Gasteiger charge is -2.40. The fourth-order valence-electron chi connectivity index (χ4n) is 4.41. The van der Waals surface area contributed by atoms with Crippen LogP contribution in [0.2, 0.25) is 0 Å². The number of hydrogen-bond donors (Lipinski definition) is 2. The predicted molar refractivity (Wildman–Crippen MR) is 118 cm³/mol. The number of nitrogens with zero attached hydrogens (tertiary/aromatic N) is 3. The molecule has 1 unspecified atom stereocenters. The van der Waals surface area contributed by atoms with Crippen LogP contribution >= 0.6 is 0 Å². The average molecular weight is 457 g/mol. The molecule has 5 rings (SSSR count). The highest BCUT2D eigenvalue weighted by Gasteiger charge is 2.35. The number of fused-ring (bicyclic) bond motifs is 4. The van der Waals surface area contributed by atoms with Gasteiger partial charge >= 0.3 is 0 Å². The van der Waals surface area contributed by atoms with E-state index in [1.54, 1.807) is 19.9 Å². The SMILES string of the molecule is Cc1nc(N[C@H](C)c2cccc(C(F)F)c2F)c2cc3c(cc2n1)N1CCOCC1C(=O)N3. The number of aromatic nitrogens is 2. The third kappa shape index (κ3) is 3.74. The van der Waals surface area contributed by atoms with Crippen LogP contribution in [0.25, 0.3) is 10.9 Å². The lowest BCUT2D eigenvalue weighted by atomic mass is 10.0. The van der Waals surface area contributed by atoms with Gasteiger partial charge in [-0.3, -0.25) is 4.79 Å². The Kier molecular flexibility index (Phi) is 5.32. The Balaban J connectivity index is 1.55. The van der Waals surface area contributed by atoms with E-state index in [0.29, 0.717) is 48.0 Å². The lowest BCUT2D eigenvalue weighted by molar-refractivity contribution is -0.119. The summed E-state index contributed by atoms with van der Waals surface area (Å²) in [5.41, 5.74) is 1.60. The van der Waals surface area contributed by atoms with E-state index in [9.17, 15) is 18.0 Å². The average Bonchev–Trinajstić information content (AvgIpc) is 2.78. The standard InChI is InChI=1S/C23H22F3N5O2/c1-11(13-4-3-5-14(20(13)24)21(25)26)27-22-15-8-17-18(9-16(15)28-12(2)29-22)31-6-7-33-10-19(31)23(32)30-17/h3-5,8-9,11,19,21H,6-7,10H2,1-2H3,(H,30,32)(H,27,28,29)/t11-,19?/m1/s1. The summed E-state index contributed by atoms with van der Waals surface area (Å²) in [7, 11) is 0. The first-order valence-electron chi connectivity index (χ1n) is 10.6. The summed E-state index contributed by atoms with van der Waals surface area (Å²) in [6.45, 7) is 4.85. The molecule has 2 aromatic carbocycles. The molecule has 0 saturated carbocycles. The van der Waals surface area contributed by atoms with Crippen LogP contribution in [0.4, 0.5) is 30.4 Å². The second-order valence-electron chi connectivity index (χ2n) is 8.20. The minimum atomic E-state index is -2.90. The quantitative estimate of drug-likeness (QED) is 0.607. The van der Waals surface area contributed by atoms with Crippen molar-refractivity contribution in [1.82, 2.24) is 9.97 Å². The van der Waals surface area contributed by atoms with Gasteiger partial charge in [-0.25, -0.2) is 23.1 Å². The zero-order chi connectivity index (χ0) is 23.3. The number of rotatable bonds is 4. The number of anilines is 3. The van der Waals surface area contributed by atoms with Gasteiger partial charge in [0.25, 0.3) is 6.43 Å². The number of carbonyl (C=O) groups excluding carboxylic acids is 1. The van der Waals surface area contributed by atoms with Crippen molar-refractivity contribution in [3.8, 4) is 0 Å². The van der Waals surface area contributed by atoms with E-state index in [2.05, 4.69) is 20.6 Å². The van der Waals surface area contributed by atoms with Gasteiger partial charge in [-0.1, -0.05) is 18.2 Å². The molecule has 2 atom stereocenters. The zero-order valence-electron chi connectivity index (χ0n) is 18.0. The Morgan fingerprint density at radius 1 is 1.24 bits per heavy atom. The summed E-state index contributed by atoms with van der Waals surface area (Å²) in [6, 6.07) is 6.60. The van der Waals surface area contributed by atoms with Crippen LogP contribution in [0.1, 0.15) is 36.3 Å². The summed E-state index contributed by atoms with van der Waals surface area (Å²) in [5, 5.41) is 6.69. The number of amides is 1. The molecule has 0 bridgehead atoms. The van der Waals surface area contributed by atoms with Gasteiger partial charge in [0.1, 0.15) is 23.5 Å². The molecular formula is C23H22F3N5O2. The summed E-state index contributed by atoms with van der Waals surface area (Å²) < 4.78 is 46.4. The monoisotopic (exact) mass is 457 g/mol. The molecule has 7 nitrogen and oxygen atoms in total. The second-order valence-corrected chi connectivity index (χ2v) is 8.20. The summed E-state index contributed by atoms with van der Waals surface area (Å²) >= 11 is 0. The minimum absolute atomic E-state index is 0.111. The number of hydrogen-bond acceptors (Lipinski definition) is 6. The van der Waals surface area contributed by atoms with E-state index >= 15 is 0 Å². The van der Waals surface area contributed by atoms with E-state index in [0.717, 1.165) is 11.8 Å². The van der Waals surface area contributed by atoms with Gasteiger partial charge in [-0.15, -0.1) is 0 Å². The first kappa shape index (κ1) is 21.4. The Bertz CT molecular complexity index is 1250. The smallest absolute Gasteiger partial charge is 0.266 e. The number of carbonyl (C=O) groups is 1. The molecule has 33 heavy (non-hydrogen) atoms. The maximum atomic E-state index is 14.7. The summed E-state index contributed by atoms with van der Waals surface area (Å²) in [6.07, 6.45) is -2.90. The zero-order valence-corrected chi connectivity index (χ0v) is 18.0. The van der Waals surface area contributed by atoms with Crippen LogP contribution in [0, 0.1) is 12.7 Å². The first-order chi connectivity index (χ1) is 15.8. The molecule has 0 aliphatic carbocycles. The highest BCUT2D eigenvalue weighted by Crippen LogP contribution is 2.38. The van der Waals surface area contributed by atoms with E-state index in [1.807, 2.05) is 11.0 Å². The van der Waals surface area contributed by atoms with E-state index in [4.69, 9.17) is 4.74 Å². The van der Waals surface area contributed by atoms with Gasteiger partial charge in [0, 0.05) is 17.5 Å². The lowest BCUT2D eigenvalue weighted by Crippen LogP contribution is -2.54. The van der Waals surface area contributed by atoms with Crippen molar-refractivity contribution in [3.63, 3.8) is 0 Å². The molecule has 2 aliphatic rings. The predicted octanol–water partition coefficient (Wildman–Crippen LogP) is 4.35. The van der Waals surface area contributed by atoms with Crippen LogP contribution in [0.3, 0.4) is 0 Å². The second kappa shape index (κ2) is 8.18. The van der Waals surface area contributed by atoms with Gasteiger partial charge < -0.3 is 20.3 Å². The Morgan fingerprint density at radius 2 is 2.03 bits per heavy atom. The maximum Gasteiger partial charge on any atom is 0.266 e. The van der Waals surface area contributed by atoms with Crippen molar-refractivity contribution in [2.24, 2.45) is 0 Å². The summed E-state index contributed by atoms with van der Waals surface area (Å²) in [4.78, 5) is 23.6. The molecular weight excluding hydrogens is 435 g/mol. The number of ether oxygens (including phenoxy) is 1. The number of aryl methyl sites for hydroxylation is 1. The van der Waals surface area contributed by atoms with E-state index < -0.39 is 29.9 Å². The van der Waals surface area contributed by atoms with Gasteiger partial charge in [0.2, 0.25) is 5.91 Å². The molecule has 172 valence electrons. The van der Waals surface area contributed by atoms with Crippen LogP contribution in [0.15, 0.2) is 30.3 Å². The number of benzene rings is 2. The topological polar surface area (TPSA) is 79.4 Å². The van der Waals surface area contributed by atoms with Gasteiger partial charge in [0.15, 0.2) is 0 Å².